The van der Waals surface area contributed by atoms with E-state index in [2.05, 4.69) is 420 Å². The molecule has 14 aromatic carbocycles. The Bertz CT molecular complexity index is 6370. The molecule has 4 heterocycles. The molecule has 0 saturated heterocycles. The molecule has 0 spiro atoms. The lowest BCUT2D eigenvalue weighted by Crippen LogP contribution is -2.30. The van der Waals surface area contributed by atoms with Gasteiger partial charge in [-0.1, -0.05) is 355 Å². The molecule has 0 saturated carbocycles. The third-order valence-corrected chi connectivity index (χ3v) is 24.1. The molecule has 0 bridgehead atoms. The van der Waals surface area contributed by atoms with Gasteiger partial charge in [0.2, 0.25) is 0 Å². The Morgan fingerprint density at radius 2 is 0.540 bits per heavy atom. The van der Waals surface area contributed by atoms with Crippen molar-refractivity contribution in [1.82, 2.24) is 0 Å². The van der Waals surface area contributed by atoms with Crippen molar-refractivity contribution >= 4 is 78.0 Å². The van der Waals surface area contributed by atoms with Crippen LogP contribution in [0.3, 0.4) is 0 Å². The van der Waals surface area contributed by atoms with Gasteiger partial charge in [-0.25, -0.2) is 0 Å². The zero-order valence-corrected chi connectivity index (χ0v) is 68.9. The normalized spacial score (nSPS) is 14.0. The second-order valence-electron chi connectivity index (χ2n) is 38.2. The van der Waals surface area contributed by atoms with Crippen molar-refractivity contribution in [2.45, 2.75) is 163 Å². The highest BCUT2D eigenvalue weighted by Crippen LogP contribution is 2.66. The van der Waals surface area contributed by atoms with Crippen molar-refractivity contribution in [3.63, 3.8) is 0 Å². The lowest BCUT2D eigenvalue weighted by molar-refractivity contribution is 0.568. The van der Waals surface area contributed by atoms with Gasteiger partial charge in [-0.05, 0) is 187 Å². The summed E-state index contributed by atoms with van der Waals surface area (Å²) in [5.41, 5.74) is 36.0. The van der Waals surface area contributed by atoms with Gasteiger partial charge in [0.25, 0.3) is 0 Å². The van der Waals surface area contributed by atoms with Gasteiger partial charge in [0.15, 0.2) is 0 Å². The molecule has 113 heavy (non-hydrogen) atoms. The van der Waals surface area contributed by atoms with Crippen LogP contribution in [-0.4, -0.2) is 0 Å². The fourth-order valence-corrected chi connectivity index (χ4v) is 17.7. The minimum absolute atomic E-state index is 0.128. The zero-order valence-electron chi connectivity index (χ0n) is 68.9. The molecule has 560 valence electrons. The maximum Gasteiger partial charge on any atom is 0.136 e. The standard InChI is InChI=1S/C109H102N2O2/c1-104(2,3)76-51-72(52-77(61-76)105(4,5)6)70-48-50-88-87(57-70)98-82-49-47-71(73-53-78(106(7,8)9)62-79(54-73)107(10,11)12)58-89(82)111(103-86(67-37-25-20-26-38-67)65-95-100(84-44-32-34-46-93(84)113-95)97(103)69-41-29-22-30-42-69)91-60-75(74-55-80(108(13,14)15)63-81(56-74)109(16,17)18)59-90(101(91)98)110(88)102-85(66-35-23-19-24-36-66)64-94-99(83-43-31-33-45-92(83)112-94)96(102)68-39-27-21-28-40-68/h19-65,98H,1-18H3. The van der Waals surface area contributed by atoms with Gasteiger partial charge < -0.3 is 18.6 Å². The van der Waals surface area contributed by atoms with Crippen LogP contribution in [0.1, 0.15) is 181 Å². The van der Waals surface area contributed by atoms with E-state index in [4.69, 9.17) is 8.83 Å². The predicted molar refractivity (Wildman–Crippen MR) is 482 cm³/mol. The number of hydrogen-bond acceptors (Lipinski definition) is 4. The summed E-state index contributed by atoms with van der Waals surface area (Å²) in [7, 11) is 0. The molecule has 1 atom stereocenters. The Balaban J connectivity index is 1.09. The van der Waals surface area contributed by atoms with Crippen LogP contribution in [0, 0.1) is 0 Å². The topological polar surface area (TPSA) is 32.8 Å². The first-order chi connectivity index (χ1) is 53.8. The van der Waals surface area contributed by atoms with E-state index < -0.39 is 0 Å². The Labute approximate surface area is 668 Å². The third-order valence-electron chi connectivity index (χ3n) is 24.1. The molecule has 1 unspecified atom stereocenters. The van der Waals surface area contributed by atoms with E-state index in [1.165, 1.54) is 66.8 Å². The van der Waals surface area contributed by atoms with E-state index in [1.807, 2.05) is 0 Å². The number of nitrogens with zero attached hydrogens (tertiary/aromatic N) is 2. The highest BCUT2D eigenvalue weighted by Gasteiger charge is 2.45. The van der Waals surface area contributed by atoms with Crippen LogP contribution in [0.25, 0.3) is 122 Å². The number of hydrogen-bond donors (Lipinski definition) is 0. The van der Waals surface area contributed by atoms with Gasteiger partial charge in [-0.2, -0.15) is 0 Å². The van der Waals surface area contributed by atoms with Crippen LogP contribution in [0.4, 0.5) is 34.1 Å². The van der Waals surface area contributed by atoms with E-state index in [1.54, 1.807) is 0 Å². The second-order valence-corrected chi connectivity index (χ2v) is 38.2. The van der Waals surface area contributed by atoms with Crippen molar-refractivity contribution in [2.24, 2.45) is 0 Å². The molecule has 0 radical (unpaired) electrons. The maximum atomic E-state index is 7.25. The minimum Gasteiger partial charge on any atom is -0.456 e. The number of benzene rings is 14. The van der Waals surface area contributed by atoms with Gasteiger partial charge in [0.1, 0.15) is 22.3 Å². The molecule has 2 aliphatic heterocycles. The second kappa shape index (κ2) is 26.5. The largest absolute Gasteiger partial charge is 0.456 e. The molecule has 2 aromatic heterocycles. The highest BCUT2D eigenvalue weighted by atomic mass is 16.3. The molecule has 0 N–H and O–H groups in total. The van der Waals surface area contributed by atoms with Crippen LogP contribution in [0.15, 0.2) is 294 Å². The number of rotatable bonds is 9. The SMILES string of the molecule is CC(C)(C)c1cc(-c2ccc3c(c2)C2c4ccc(-c5cc(C(C)(C)C)cc(C(C)(C)C)c5)cc4N(c4c(-c5ccccc5)cc5oc6ccccc6c5c4-c4ccccc4)c4cc(-c5cc(C(C)(C)C)cc(C(C)(C)C)c5)cc(c42)N3c2c(-c3ccccc3)cc3oc4ccccc4c3c2-c2ccccc2)cc(C(C)(C)C)c1. The Hall–Kier alpha value is -11.7. The lowest BCUT2D eigenvalue weighted by Gasteiger charge is -2.47. The molecule has 2 aliphatic rings. The third kappa shape index (κ3) is 12.7. The molecule has 0 aliphatic carbocycles. The summed E-state index contributed by atoms with van der Waals surface area (Å²) in [6, 6.07) is 109. The fraction of sp³-hybridized carbons (Fsp3) is 0.229. The molecule has 4 heteroatoms. The van der Waals surface area contributed by atoms with Crippen molar-refractivity contribution in [3.8, 4) is 77.9 Å². The summed E-state index contributed by atoms with van der Waals surface area (Å²) in [5.74, 6) is -0.330. The molecule has 4 nitrogen and oxygen atoms in total. The van der Waals surface area contributed by atoms with Crippen molar-refractivity contribution < 1.29 is 8.83 Å². The number of para-hydroxylation sites is 2. The van der Waals surface area contributed by atoms with Crippen LogP contribution in [-0.2, 0) is 32.5 Å². The summed E-state index contributed by atoms with van der Waals surface area (Å²) < 4.78 is 14.5. The van der Waals surface area contributed by atoms with Gasteiger partial charge in [-0.3, -0.25) is 0 Å². The Kier molecular flexibility index (Phi) is 17.0. The van der Waals surface area contributed by atoms with E-state index in [0.29, 0.717) is 0 Å². The summed E-state index contributed by atoms with van der Waals surface area (Å²) in [4.78, 5) is 5.47. The monoisotopic (exact) mass is 1470 g/mol. The van der Waals surface area contributed by atoms with Crippen molar-refractivity contribution in [2.75, 3.05) is 9.80 Å². The van der Waals surface area contributed by atoms with Gasteiger partial charge in [0, 0.05) is 55.3 Å². The highest BCUT2D eigenvalue weighted by molar-refractivity contribution is 6.22. The molecular formula is C109H102N2O2. The van der Waals surface area contributed by atoms with E-state index >= 15 is 0 Å². The van der Waals surface area contributed by atoms with Crippen LogP contribution >= 0.6 is 0 Å². The van der Waals surface area contributed by atoms with Crippen LogP contribution < -0.4 is 9.80 Å². The maximum absolute atomic E-state index is 7.25. The van der Waals surface area contributed by atoms with E-state index in [0.717, 1.165) is 139 Å². The summed E-state index contributed by atoms with van der Waals surface area (Å²) >= 11 is 0. The molecule has 18 rings (SSSR count). The van der Waals surface area contributed by atoms with Gasteiger partial charge in [0.05, 0.1) is 34.1 Å². The number of anilines is 6. The first-order valence-corrected chi connectivity index (χ1v) is 40.6. The molecule has 16 aromatic rings. The van der Waals surface area contributed by atoms with E-state index in [-0.39, 0.29) is 38.4 Å². The average molecular weight is 1470 g/mol. The molecule has 0 amide bonds. The smallest absolute Gasteiger partial charge is 0.136 e. The quantitative estimate of drug-likeness (QED) is 0.144. The van der Waals surface area contributed by atoms with Crippen LogP contribution in [0.5, 0.6) is 0 Å². The first kappa shape index (κ1) is 72.8. The number of furan rings is 2. The predicted octanol–water partition coefficient (Wildman–Crippen LogP) is 31.7. The zero-order chi connectivity index (χ0) is 78.7. The fourth-order valence-electron chi connectivity index (χ4n) is 17.7. The summed E-state index contributed by atoms with van der Waals surface area (Å²) in [6.07, 6.45) is 0. The molecular weight excluding hydrogens is 1370 g/mol. The average Bonchev–Trinajstić information content (AvgIpc) is 1.31. The number of fused-ring (bicyclic) bond motifs is 10. The van der Waals surface area contributed by atoms with Gasteiger partial charge in [-0.15, -0.1) is 0 Å². The van der Waals surface area contributed by atoms with Crippen LogP contribution in [0.2, 0.25) is 0 Å². The molecule has 0 fully saturated rings. The first-order valence-electron chi connectivity index (χ1n) is 40.6. The Morgan fingerprint density at radius 3 is 0.920 bits per heavy atom. The summed E-state index contributed by atoms with van der Waals surface area (Å²) in [6.45, 7) is 42.5. The van der Waals surface area contributed by atoms with Crippen molar-refractivity contribution in [1.29, 1.82) is 0 Å². The minimum atomic E-state index is -0.330. The lowest BCUT2D eigenvalue weighted by atomic mass is 9.72. The van der Waals surface area contributed by atoms with Crippen molar-refractivity contribution in [3.05, 3.63) is 335 Å². The van der Waals surface area contributed by atoms with E-state index in [9.17, 15) is 0 Å². The summed E-state index contributed by atoms with van der Waals surface area (Å²) in [5, 5.41) is 4.26. The Morgan fingerprint density at radius 1 is 0.230 bits per heavy atom. The van der Waals surface area contributed by atoms with Gasteiger partial charge >= 0.3 is 0 Å².